The summed E-state index contributed by atoms with van der Waals surface area (Å²) in [5.41, 5.74) is 9.50. The van der Waals surface area contributed by atoms with E-state index in [0.29, 0.717) is 18.6 Å². The lowest BCUT2D eigenvalue weighted by atomic mass is 9.89. The fraction of sp³-hybridized carbons (Fsp3) is 0.316. The minimum absolute atomic E-state index is 0.242. The molecule has 2 atom stereocenters. The van der Waals surface area contributed by atoms with Gasteiger partial charge in [-0.2, -0.15) is 0 Å². The van der Waals surface area contributed by atoms with E-state index in [1.54, 1.807) is 0 Å². The first-order chi connectivity index (χ1) is 11.2. The summed E-state index contributed by atoms with van der Waals surface area (Å²) in [5, 5.41) is 0. The molecule has 0 radical (unpaired) electrons. The predicted octanol–water partition coefficient (Wildman–Crippen LogP) is 2.62. The summed E-state index contributed by atoms with van der Waals surface area (Å²) in [5.74, 6) is 0.657. The minimum atomic E-state index is -0.904. The Morgan fingerprint density at radius 2 is 2.00 bits per heavy atom. The lowest BCUT2D eigenvalue weighted by Crippen LogP contribution is -2.28. The summed E-state index contributed by atoms with van der Waals surface area (Å²) in [7, 11) is 0. The Morgan fingerprint density at radius 1 is 1.17 bits per heavy atom. The Morgan fingerprint density at radius 3 is 2.78 bits per heavy atom. The zero-order chi connectivity index (χ0) is 16.1. The summed E-state index contributed by atoms with van der Waals surface area (Å²) < 4.78 is 11.2. The topological polar surface area (TPSA) is 61.5 Å². The van der Waals surface area contributed by atoms with Crippen molar-refractivity contribution in [3.8, 4) is 5.75 Å². The Kier molecular flexibility index (Phi) is 5.05. The van der Waals surface area contributed by atoms with Gasteiger partial charge in [0.05, 0.1) is 6.61 Å². The van der Waals surface area contributed by atoms with Crippen molar-refractivity contribution >= 4 is 6.29 Å². The normalized spacial score (nSPS) is 18.0. The SMILES string of the molecule is NC1CCc2cc(OC(C=O)OCc3ccccc3)ccc2C1. The van der Waals surface area contributed by atoms with E-state index < -0.39 is 6.29 Å². The largest absolute Gasteiger partial charge is 0.458 e. The third-order valence-corrected chi connectivity index (χ3v) is 4.06. The fourth-order valence-corrected chi connectivity index (χ4v) is 2.82. The molecular formula is C19H21NO3. The molecule has 1 aliphatic carbocycles. The van der Waals surface area contributed by atoms with Gasteiger partial charge in [-0.25, -0.2) is 0 Å². The Balaban J connectivity index is 1.61. The summed E-state index contributed by atoms with van der Waals surface area (Å²) in [4.78, 5) is 11.2. The van der Waals surface area contributed by atoms with Crippen LogP contribution in [0, 0.1) is 0 Å². The van der Waals surface area contributed by atoms with E-state index in [1.807, 2.05) is 48.5 Å². The predicted molar refractivity (Wildman–Crippen MR) is 88.2 cm³/mol. The molecule has 1 aliphatic rings. The van der Waals surface area contributed by atoms with Gasteiger partial charge in [-0.15, -0.1) is 0 Å². The second kappa shape index (κ2) is 7.40. The van der Waals surface area contributed by atoms with E-state index in [2.05, 4.69) is 0 Å². The van der Waals surface area contributed by atoms with Gasteiger partial charge in [-0.3, -0.25) is 4.79 Å². The quantitative estimate of drug-likeness (QED) is 0.658. The number of aryl methyl sites for hydroxylation is 1. The van der Waals surface area contributed by atoms with Crippen LogP contribution in [0.1, 0.15) is 23.1 Å². The third-order valence-electron chi connectivity index (χ3n) is 4.06. The van der Waals surface area contributed by atoms with Crippen LogP contribution in [0.5, 0.6) is 5.75 Å². The molecule has 0 fully saturated rings. The molecule has 2 aromatic carbocycles. The average molecular weight is 311 g/mol. The average Bonchev–Trinajstić information content (AvgIpc) is 2.59. The molecule has 2 aromatic rings. The van der Waals surface area contributed by atoms with Crippen LogP contribution in [0.25, 0.3) is 0 Å². The van der Waals surface area contributed by atoms with E-state index in [0.717, 1.165) is 24.8 Å². The maximum Gasteiger partial charge on any atom is 0.257 e. The zero-order valence-corrected chi connectivity index (χ0v) is 13.0. The summed E-state index contributed by atoms with van der Waals surface area (Å²) in [6.45, 7) is 0.337. The molecule has 0 saturated carbocycles. The van der Waals surface area contributed by atoms with Gasteiger partial charge >= 0.3 is 0 Å². The number of aldehydes is 1. The zero-order valence-electron chi connectivity index (χ0n) is 13.0. The van der Waals surface area contributed by atoms with E-state index in [1.165, 1.54) is 11.1 Å². The summed E-state index contributed by atoms with van der Waals surface area (Å²) >= 11 is 0. The number of ether oxygens (including phenoxy) is 2. The summed E-state index contributed by atoms with van der Waals surface area (Å²) in [6, 6.07) is 15.8. The van der Waals surface area contributed by atoms with Crippen molar-refractivity contribution in [2.45, 2.75) is 38.2 Å². The van der Waals surface area contributed by atoms with Crippen LogP contribution in [-0.4, -0.2) is 18.6 Å². The van der Waals surface area contributed by atoms with E-state index in [4.69, 9.17) is 15.2 Å². The molecule has 0 amide bonds. The number of rotatable bonds is 6. The van der Waals surface area contributed by atoms with Gasteiger partial charge in [-0.05, 0) is 48.1 Å². The number of hydrogen-bond acceptors (Lipinski definition) is 4. The molecule has 23 heavy (non-hydrogen) atoms. The van der Waals surface area contributed by atoms with Gasteiger partial charge in [0.15, 0.2) is 6.29 Å². The lowest BCUT2D eigenvalue weighted by Gasteiger charge is -2.22. The van der Waals surface area contributed by atoms with Crippen LogP contribution in [-0.2, 0) is 29.0 Å². The van der Waals surface area contributed by atoms with Crippen LogP contribution in [0.4, 0.5) is 0 Å². The van der Waals surface area contributed by atoms with E-state index in [9.17, 15) is 4.79 Å². The first-order valence-corrected chi connectivity index (χ1v) is 7.89. The highest BCUT2D eigenvalue weighted by Crippen LogP contribution is 2.25. The Bertz CT molecular complexity index is 657. The highest BCUT2D eigenvalue weighted by atomic mass is 16.7. The van der Waals surface area contributed by atoms with Crippen LogP contribution in [0.2, 0.25) is 0 Å². The third kappa shape index (κ3) is 4.18. The van der Waals surface area contributed by atoms with Crippen molar-refractivity contribution in [2.24, 2.45) is 5.73 Å². The maximum atomic E-state index is 11.2. The standard InChI is InChI=1S/C19H21NO3/c20-17-8-6-16-11-18(9-7-15(16)10-17)23-19(12-21)22-13-14-4-2-1-3-5-14/h1-5,7,9,11-12,17,19H,6,8,10,13,20H2. The molecule has 3 rings (SSSR count). The first kappa shape index (κ1) is 15.7. The van der Waals surface area contributed by atoms with E-state index >= 15 is 0 Å². The highest BCUT2D eigenvalue weighted by Gasteiger charge is 2.17. The molecule has 4 nitrogen and oxygen atoms in total. The molecule has 2 unspecified atom stereocenters. The number of fused-ring (bicyclic) bond motifs is 1. The highest BCUT2D eigenvalue weighted by molar-refractivity contribution is 5.55. The molecule has 0 saturated heterocycles. The maximum absolute atomic E-state index is 11.2. The molecular weight excluding hydrogens is 290 g/mol. The molecule has 0 aliphatic heterocycles. The number of carbonyl (C=O) groups excluding carboxylic acids is 1. The van der Waals surface area contributed by atoms with Gasteiger partial charge in [-0.1, -0.05) is 36.4 Å². The molecule has 4 heteroatoms. The minimum Gasteiger partial charge on any atom is -0.458 e. The molecule has 120 valence electrons. The van der Waals surface area contributed by atoms with Gasteiger partial charge < -0.3 is 15.2 Å². The van der Waals surface area contributed by atoms with Crippen molar-refractivity contribution in [3.05, 3.63) is 65.2 Å². The monoisotopic (exact) mass is 311 g/mol. The van der Waals surface area contributed by atoms with Crippen molar-refractivity contribution < 1.29 is 14.3 Å². The van der Waals surface area contributed by atoms with Crippen LogP contribution in [0.15, 0.2) is 48.5 Å². The second-order valence-electron chi connectivity index (χ2n) is 5.85. The van der Waals surface area contributed by atoms with Crippen molar-refractivity contribution in [2.75, 3.05) is 0 Å². The molecule has 0 bridgehead atoms. The molecule has 2 N–H and O–H groups in total. The molecule has 0 spiro atoms. The van der Waals surface area contributed by atoms with Gasteiger partial charge in [0.25, 0.3) is 6.29 Å². The lowest BCUT2D eigenvalue weighted by molar-refractivity contribution is -0.139. The fourth-order valence-electron chi connectivity index (χ4n) is 2.82. The smallest absolute Gasteiger partial charge is 0.257 e. The second-order valence-corrected chi connectivity index (χ2v) is 5.85. The molecule has 0 aromatic heterocycles. The van der Waals surface area contributed by atoms with Crippen LogP contribution in [0.3, 0.4) is 0 Å². The van der Waals surface area contributed by atoms with Crippen molar-refractivity contribution in [1.82, 2.24) is 0 Å². The number of carbonyl (C=O) groups is 1. The van der Waals surface area contributed by atoms with E-state index in [-0.39, 0.29) is 6.04 Å². The first-order valence-electron chi connectivity index (χ1n) is 7.89. The van der Waals surface area contributed by atoms with Gasteiger partial charge in [0, 0.05) is 6.04 Å². The Hall–Kier alpha value is -2.17. The Labute approximate surface area is 136 Å². The molecule has 0 heterocycles. The van der Waals surface area contributed by atoms with Crippen molar-refractivity contribution in [3.63, 3.8) is 0 Å². The van der Waals surface area contributed by atoms with Gasteiger partial charge in [0.1, 0.15) is 5.75 Å². The number of hydrogen-bond donors (Lipinski definition) is 1. The van der Waals surface area contributed by atoms with Crippen LogP contribution < -0.4 is 10.5 Å². The summed E-state index contributed by atoms with van der Waals surface area (Å²) in [6.07, 6.45) is 2.61. The van der Waals surface area contributed by atoms with Crippen LogP contribution >= 0.6 is 0 Å². The number of benzene rings is 2. The van der Waals surface area contributed by atoms with Crippen molar-refractivity contribution in [1.29, 1.82) is 0 Å². The van der Waals surface area contributed by atoms with Gasteiger partial charge in [0.2, 0.25) is 0 Å². The number of nitrogens with two attached hydrogens (primary N) is 1.